The van der Waals surface area contributed by atoms with Crippen LogP contribution in [-0.4, -0.2) is 9.97 Å². The summed E-state index contributed by atoms with van der Waals surface area (Å²) in [6, 6.07) is 5.25. The number of nitrogens with zero attached hydrogens (tertiary/aromatic N) is 3. The maximum Gasteiger partial charge on any atom is 0.163 e. The van der Waals surface area contributed by atoms with Crippen LogP contribution in [0.5, 0.6) is 0 Å². The molecule has 4 heteroatoms. The third-order valence-electron chi connectivity index (χ3n) is 1.55. The Morgan fingerprint density at radius 2 is 2.31 bits per heavy atom. The lowest BCUT2D eigenvalue weighted by Gasteiger charge is -1.93. The smallest absolute Gasteiger partial charge is 0.163 e. The van der Waals surface area contributed by atoms with Crippen LogP contribution >= 0.6 is 0 Å². The van der Waals surface area contributed by atoms with E-state index in [1.165, 1.54) is 12.5 Å². The average Bonchev–Trinajstić information content (AvgIpc) is 2.71. The SMILES string of the molecule is N#Cc1ccnc(-c2ccoc2)n1. The van der Waals surface area contributed by atoms with Gasteiger partial charge in [0.15, 0.2) is 5.82 Å². The van der Waals surface area contributed by atoms with Gasteiger partial charge in [0.25, 0.3) is 0 Å². The van der Waals surface area contributed by atoms with Gasteiger partial charge in [-0.05, 0) is 12.1 Å². The van der Waals surface area contributed by atoms with E-state index >= 15 is 0 Å². The van der Waals surface area contributed by atoms with Gasteiger partial charge in [-0.3, -0.25) is 0 Å². The molecular weight excluding hydrogens is 166 g/mol. The highest BCUT2D eigenvalue weighted by atomic mass is 16.3. The number of furan rings is 1. The second kappa shape index (κ2) is 3.07. The van der Waals surface area contributed by atoms with E-state index in [2.05, 4.69) is 9.97 Å². The monoisotopic (exact) mass is 171 g/mol. The molecule has 0 aromatic carbocycles. The van der Waals surface area contributed by atoms with E-state index in [9.17, 15) is 0 Å². The highest BCUT2D eigenvalue weighted by molar-refractivity contribution is 5.52. The van der Waals surface area contributed by atoms with Gasteiger partial charge in [0.05, 0.1) is 11.8 Å². The maximum absolute atomic E-state index is 8.60. The molecule has 13 heavy (non-hydrogen) atoms. The Morgan fingerprint density at radius 3 is 3.00 bits per heavy atom. The fourth-order valence-corrected chi connectivity index (χ4v) is 0.952. The van der Waals surface area contributed by atoms with Crippen molar-refractivity contribution in [3.05, 3.63) is 36.5 Å². The van der Waals surface area contributed by atoms with E-state index in [-0.39, 0.29) is 0 Å². The van der Waals surface area contributed by atoms with E-state index < -0.39 is 0 Å². The highest BCUT2D eigenvalue weighted by Gasteiger charge is 2.02. The first-order chi connectivity index (χ1) is 6.40. The van der Waals surface area contributed by atoms with Crippen LogP contribution < -0.4 is 0 Å². The first-order valence-electron chi connectivity index (χ1n) is 3.66. The van der Waals surface area contributed by atoms with Gasteiger partial charge in [-0.25, -0.2) is 9.97 Å². The minimum atomic E-state index is 0.353. The predicted molar refractivity (Wildman–Crippen MR) is 44.4 cm³/mol. The topological polar surface area (TPSA) is 62.7 Å². The molecule has 2 rings (SSSR count). The minimum Gasteiger partial charge on any atom is -0.472 e. The zero-order valence-corrected chi connectivity index (χ0v) is 6.64. The number of hydrogen-bond donors (Lipinski definition) is 0. The molecule has 0 amide bonds. The fraction of sp³-hybridized carbons (Fsp3) is 0. The van der Waals surface area contributed by atoms with Crippen molar-refractivity contribution in [3.8, 4) is 17.5 Å². The van der Waals surface area contributed by atoms with Crippen molar-refractivity contribution >= 4 is 0 Å². The molecule has 0 aliphatic rings. The quantitative estimate of drug-likeness (QED) is 0.653. The summed E-state index contributed by atoms with van der Waals surface area (Å²) in [7, 11) is 0. The Balaban J connectivity index is 2.49. The summed E-state index contributed by atoms with van der Waals surface area (Å²) < 4.78 is 4.88. The molecule has 0 radical (unpaired) electrons. The van der Waals surface area contributed by atoms with E-state index in [0.29, 0.717) is 11.5 Å². The van der Waals surface area contributed by atoms with Crippen LogP contribution in [0.3, 0.4) is 0 Å². The molecule has 2 aromatic heterocycles. The molecule has 0 saturated heterocycles. The summed E-state index contributed by atoms with van der Waals surface area (Å²) in [6.45, 7) is 0. The van der Waals surface area contributed by atoms with Crippen molar-refractivity contribution in [2.45, 2.75) is 0 Å². The van der Waals surface area contributed by atoms with Gasteiger partial charge >= 0.3 is 0 Å². The third kappa shape index (κ3) is 1.40. The zero-order valence-electron chi connectivity index (χ0n) is 6.64. The van der Waals surface area contributed by atoms with Crippen LogP contribution in [0.15, 0.2) is 35.3 Å². The van der Waals surface area contributed by atoms with Gasteiger partial charge < -0.3 is 4.42 Å². The van der Waals surface area contributed by atoms with E-state index in [1.807, 2.05) is 6.07 Å². The van der Waals surface area contributed by atoms with Crippen LogP contribution in [0, 0.1) is 11.3 Å². The van der Waals surface area contributed by atoms with Crippen molar-refractivity contribution in [2.75, 3.05) is 0 Å². The van der Waals surface area contributed by atoms with E-state index in [4.69, 9.17) is 9.68 Å². The van der Waals surface area contributed by atoms with Crippen LogP contribution in [0.4, 0.5) is 0 Å². The average molecular weight is 171 g/mol. The Morgan fingerprint density at radius 1 is 1.38 bits per heavy atom. The molecular formula is C9H5N3O. The third-order valence-corrected chi connectivity index (χ3v) is 1.55. The van der Waals surface area contributed by atoms with Crippen LogP contribution in [-0.2, 0) is 0 Å². The Kier molecular flexibility index (Phi) is 1.77. The minimum absolute atomic E-state index is 0.353. The van der Waals surface area contributed by atoms with Gasteiger partial charge in [0.2, 0.25) is 0 Å². The lowest BCUT2D eigenvalue weighted by molar-refractivity contribution is 0.568. The summed E-state index contributed by atoms with van der Waals surface area (Å²) in [5.74, 6) is 0.507. The van der Waals surface area contributed by atoms with Crippen molar-refractivity contribution in [3.63, 3.8) is 0 Å². The van der Waals surface area contributed by atoms with Crippen LogP contribution in [0.2, 0.25) is 0 Å². The van der Waals surface area contributed by atoms with E-state index in [1.54, 1.807) is 18.3 Å². The molecule has 2 heterocycles. The summed E-state index contributed by atoms with van der Waals surface area (Å²) in [5.41, 5.74) is 1.13. The molecule has 0 aliphatic heterocycles. The summed E-state index contributed by atoms with van der Waals surface area (Å²) in [5, 5.41) is 8.60. The van der Waals surface area contributed by atoms with Crippen LogP contribution in [0.1, 0.15) is 5.69 Å². The first kappa shape index (κ1) is 7.50. The van der Waals surface area contributed by atoms with Crippen molar-refractivity contribution in [1.29, 1.82) is 5.26 Å². The van der Waals surface area contributed by atoms with Gasteiger partial charge in [0, 0.05) is 6.20 Å². The summed E-state index contributed by atoms with van der Waals surface area (Å²) in [4.78, 5) is 8.01. The summed E-state index contributed by atoms with van der Waals surface area (Å²) in [6.07, 6.45) is 4.63. The van der Waals surface area contributed by atoms with Gasteiger partial charge in [-0.1, -0.05) is 0 Å². The fourth-order valence-electron chi connectivity index (χ4n) is 0.952. The normalized spacial score (nSPS) is 9.46. The second-order valence-corrected chi connectivity index (χ2v) is 2.39. The lowest BCUT2D eigenvalue weighted by atomic mass is 10.3. The molecule has 4 nitrogen and oxygen atoms in total. The largest absolute Gasteiger partial charge is 0.472 e. The van der Waals surface area contributed by atoms with Crippen molar-refractivity contribution < 1.29 is 4.42 Å². The Bertz CT molecular complexity index is 442. The Labute approximate surface area is 74.5 Å². The first-order valence-corrected chi connectivity index (χ1v) is 3.66. The Hall–Kier alpha value is -2.15. The second-order valence-electron chi connectivity index (χ2n) is 2.39. The molecule has 0 atom stereocenters. The number of aromatic nitrogens is 2. The number of hydrogen-bond acceptors (Lipinski definition) is 4. The molecule has 0 spiro atoms. The maximum atomic E-state index is 8.60. The zero-order chi connectivity index (χ0) is 9.10. The van der Waals surface area contributed by atoms with Gasteiger partial charge in [-0.2, -0.15) is 5.26 Å². The van der Waals surface area contributed by atoms with Crippen LogP contribution in [0.25, 0.3) is 11.4 Å². The molecule has 0 bridgehead atoms. The molecule has 0 unspecified atom stereocenters. The predicted octanol–water partition coefficient (Wildman–Crippen LogP) is 1.61. The van der Waals surface area contributed by atoms with E-state index in [0.717, 1.165) is 5.56 Å². The van der Waals surface area contributed by atoms with Gasteiger partial charge in [-0.15, -0.1) is 0 Å². The molecule has 2 aromatic rings. The van der Waals surface area contributed by atoms with Crippen molar-refractivity contribution in [2.24, 2.45) is 0 Å². The molecule has 0 fully saturated rings. The molecule has 0 saturated carbocycles. The standard InChI is InChI=1S/C9H5N3O/c10-5-8-1-3-11-9(12-8)7-2-4-13-6-7/h1-4,6H. The molecule has 62 valence electrons. The molecule has 0 aliphatic carbocycles. The number of rotatable bonds is 1. The highest BCUT2D eigenvalue weighted by Crippen LogP contribution is 2.13. The summed E-state index contributed by atoms with van der Waals surface area (Å²) >= 11 is 0. The number of nitriles is 1. The molecule has 0 N–H and O–H groups in total. The van der Waals surface area contributed by atoms with Crippen molar-refractivity contribution in [1.82, 2.24) is 9.97 Å². The van der Waals surface area contributed by atoms with Gasteiger partial charge in [0.1, 0.15) is 18.0 Å². The lowest BCUT2D eigenvalue weighted by Crippen LogP contribution is -1.89.